The Morgan fingerprint density at radius 2 is 1.55 bits per heavy atom. The highest BCUT2D eigenvalue weighted by Gasteiger charge is 2.52. The zero-order valence-electron chi connectivity index (χ0n) is 33.1. The maximum atomic E-state index is 14.1. The fraction of sp³-hybridized carbons (Fsp3) is 0.946. The number of hydrogen-bond acceptors (Lipinski definition) is 14. The van der Waals surface area contributed by atoms with E-state index in [0.29, 0.717) is 12.8 Å². The molecular weight excluding hydrogens is 664 g/mol. The molecule has 0 aromatic carbocycles. The summed E-state index contributed by atoms with van der Waals surface area (Å²) in [6, 6.07) is -0.295. The number of methoxy groups -OCH3 is 1. The summed E-state index contributed by atoms with van der Waals surface area (Å²) in [6.45, 7) is 17.7. The first-order valence-corrected chi connectivity index (χ1v) is 18.7. The lowest BCUT2D eigenvalue weighted by Gasteiger charge is -2.49. The van der Waals surface area contributed by atoms with Crippen molar-refractivity contribution in [1.29, 1.82) is 0 Å². The molecule has 5 N–H and O–H groups in total. The van der Waals surface area contributed by atoms with Crippen LogP contribution < -0.4 is 0 Å². The van der Waals surface area contributed by atoms with Crippen molar-refractivity contribution >= 4 is 11.7 Å². The third-order valence-electron chi connectivity index (χ3n) is 11.9. The van der Waals surface area contributed by atoms with Crippen molar-refractivity contribution in [2.45, 2.75) is 174 Å². The number of cyclic esters (lactones) is 1. The van der Waals surface area contributed by atoms with Gasteiger partial charge in [0.2, 0.25) is 0 Å². The zero-order valence-corrected chi connectivity index (χ0v) is 33.1. The van der Waals surface area contributed by atoms with E-state index in [9.17, 15) is 30.4 Å². The molecule has 3 saturated heterocycles. The Morgan fingerprint density at radius 1 is 0.922 bits per heavy atom. The van der Waals surface area contributed by atoms with Gasteiger partial charge in [-0.3, -0.25) is 4.79 Å². The summed E-state index contributed by atoms with van der Waals surface area (Å²) < 4.78 is 37.5. The van der Waals surface area contributed by atoms with Crippen LogP contribution in [0.15, 0.2) is 5.16 Å². The van der Waals surface area contributed by atoms with Crippen LogP contribution in [0.3, 0.4) is 0 Å². The number of likely N-dealkylation sites (N-methyl/N-ethyl adjacent to an activating group) is 1. The van der Waals surface area contributed by atoms with Gasteiger partial charge in [0.1, 0.15) is 18.3 Å². The summed E-state index contributed by atoms with van der Waals surface area (Å²) in [5.74, 6) is -3.99. The van der Waals surface area contributed by atoms with Crippen molar-refractivity contribution in [3.05, 3.63) is 0 Å². The van der Waals surface area contributed by atoms with Crippen LogP contribution in [0.5, 0.6) is 0 Å². The largest absolute Gasteiger partial charge is 0.462 e. The number of carbonyl (C=O) groups excluding carboxylic acids is 1. The van der Waals surface area contributed by atoms with Crippen LogP contribution in [-0.4, -0.2) is 142 Å². The minimum Gasteiger partial charge on any atom is -0.462 e. The molecule has 3 aliphatic heterocycles. The standard InChI is InChI=1S/C37H68N2O12/c1-14-26-20(4)29(40)21(5)28(38-45)18(2)16-36(9,44)33(51-35-30(41)25(39(11)12)15-19(3)47-35)22(6)31(23(7)34(43)49-26)50-27-17-37(10,46-13)32(42)24(8)48-27/h18-27,29-33,35,40-42,44-45H,14-17H2,1-13H3/t18-,19?,20+,21+,22+,23-,24?,25?,26-,27?,29+,30?,31+,32?,33-,35?,36-,37?/m1/s1. The number of carbonyl (C=O) groups is 1. The summed E-state index contributed by atoms with van der Waals surface area (Å²) in [5.41, 5.74) is -2.43. The summed E-state index contributed by atoms with van der Waals surface area (Å²) in [7, 11) is 5.25. The number of aliphatic hydroxyl groups is 4. The van der Waals surface area contributed by atoms with Crippen molar-refractivity contribution < 1.29 is 58.8 Å². The predicted octanol–water partition coefficient (Wildman–Crippen LogP) is 2.93. The van der Waals surface area contributed by atoms with Crippen LogP contribution in [0.25, 0.3) is 0 Å². The van der Waals surface area contributed by atoms with Crippen LogP contribution in [-0.2, 0) is 33.2 Å². The molecule has 14 heteroatoms. The van der Waals surface area contributed by atoms with Gasteiger partial charge in [-0.2, -0.15) is 0 Å². The first-order valence-electron chi connectivity index (χ1n) is 18.7. The molecule has 0 aromatic heterocycles. The molecule has 3 rings (SSSR count). The number of nitrogens with zero attached hydrogens (tertiary/aromatic N) is 2. The Kier molecular flexibility index (Phi) is 15.3. The van der Waals surface area contributed by atoms with Gasteiger partial charge in [-0.1, -0.05) is 39.8 Å². The van der Waals surface area contributed by atoms with Crippen molar-refractivity contribution in [3.63, 3.8) is 0 Å². The van der Waals surface area contributed by atoms with E-state index in [1.807, 2.05) is 39.8 Å². The summed E-state index contributed by atoms with van der Waals surface area (Å²) in [5, 5.41) is 60.2. The first-order chi connectivity index (χ1) is 23.6. The van der Waals surface area contributed by atoms with Crippen LogP contribution in [0.1, 0.15) is 94.9 Å². The summed E-state index contributed by atoms with van der Waals surface area (Å²) in [6.07, 6.45) is -7.72. The second-order valence-electron chi connectivity index (χ2n) is 16.3. The minimum absolute atomic E-state index is 0.0238. The number of oxime groups is 1. The van der Waals surface area contributed by atoms with Gasteiger partial charge >= 0.3 is 5.97 Å². The SMILES string of the molecule is CC[C@H]1OC(=O)[C@H](C)[C@@H](OC2CC(C)(OC)C(O)C(C)O2)[C@H](C)[C@@H](OC2OC(C)CC(N(C)C)C2O)[C@](C)(O)C[C@@H](C)C(=NO)[C@H](C)[C@@H](O)[C@H]1C. The van der Waals surface area contributed by atoms with E-state index in [1.165, 1.54) is 7.11 Å². The Hall–Kier alpha value is -1.46. The van der Waals surface area contributed by atoms with Gasteiger partial charge in [-0.05, 0) is 68.0 Å². The Bertz CT molecular complexity index is 1160. The molecule has 0 aromatic rings. The average molecular weight is 733 g/mol. The molecule has 51 heavy (non-hydrogen) atoms. The van der Waals surface area contributed by atoms with E-state index in [0.717, 1.165) is 0 Å². The van der Waals surface area contributed by atoms with Crippen molar-refractivity contribution in [2.75, 3.05) is 21.2 Å². The molecule has 14 nitrogen and oxygen atoms in total. The number of aliphatic hydroxyl groups excluding tert-OH is 3. The normalized spacial score (nSPS) is 49.1. The van der Waals surface area contributed by atoms with Gasteiger partial charge in [0, 0.05) is 43.2 Å². The number of esters is 1. The van der Waals surface area contributed by atoms with Gasteiger partial charge in [-0.25, -0.2) is 0 Å². The van der Waals surface area contributed by atoms with Crippen LogP contribution in [0.2, 0.25) is 0 Å². The topological polar surface area (TPSA) is 189 Å². The fourth-order valence-corrected chi connectivity index (χ4v) is 8.56. The summed E-state index contributed by atoms with van der Waals surface area (Å²) in [4.78, 5) is 16.0. The maximum Gasteiger partial charge on any atom is 0.311 e. The second-order valence-corrected chi connectivity index (χ2v) is 16.3. The van der Waals surface area contributed by atoms with Gasteiger partial charge < -0.3 is 59.0 Å². The van der Waals surface area contributed by atoms with Crippen molar-refractivity contribution in [1.82, 2.24) is 4.90 Å². The highest BCUT2D eigenvalue weighted by molar-refractivity contribution is 5.88. The average Bonchev–Trinajstić information content (AvgIpc) is 3.06. The molecule has 298 valence electrons. The van der Waals surface area contributed by atoms with Gasteiger partial charge in [0.25, 0.3) is 0 Å². The molecule has 18 atom stereocenters. The maximum absolute atomic E-state index is 14.1. The molecule has 0 radical (unpaired) electrons. The number of ether oxygens (including phenoxy) is 6. The molecule has 0 spiro atoms. The molecule has 0 bridgehead atoms. The number of hydrogen-bond donors (Lipinski definition) is 5. The molecule has 3 aliphatic rings. The third kappa shape index (κ3) is 9.81. The van der Waals surface area contributed by atoms with Gasteiger partial charge in [0.05, 0.1) is 53.4 Å². The Balaban J connectivity index is 2.18. The van der Waals surface area contributed by atoms with Gasteiger partial charge in [-0.15, -0.1) is 0 Å². The van der Waals surface area contributed by atoms with Gasteiger partial charge in [0.15, 0.2) is 12.6 Å². The van der Waals surface area contributed by atoms with Crippen LogP contribution in [0, 0.1) is 29.6 Å². The lowest BCUT2D eigenvalue weighted by molar-refractivity contribution is -0.317. The third-order valence-corrected chi connectivity index (χ3v) is 11.9. The smallest absolute Gasteiger partial charge is 0.311 e. The lowest BCUT2D eigenvalue weighted by Crippen LogP contribution is -2.60. The van der Waals surface area contributed by atoms with E-state index < -0.39 is 102 Å². The summed E-state index contributed by atoms with van der Waals surface area (Å²) >= 11 is 0. The van der Waals surface area contributed by atoms with E-state index in [-0.39, 0.29) is 30.7 Å². The Morgan fingerprint density at radius 3 is 2.10 bits per heavy atom. The van der Waals surface area contributed by atoms with Crippen LogP contribution in [0.4, 0.5) is 0 Å². The molecular formula is C37H68N2O12. The van der Waals surface area contributed by atoms with Crippen LogP contribution >= 0.6 is 0 Å². The zero-order chi connectivity index (χ0) is 38.7. The minimum atomic E-state index is -1.69. The Labute approximate surface area is 304 Å². The molecule has 0 aliphatic carbocycles. The van der Waals surface area contributed by atoms with E-state index in [4.69, 9.17) is 28.4 Å². The molecule has 0 saturated carbocycles. The molecule has 8 unspecified atom stereocenters. The van der Waals surface area contributed by atoms with E-state index in [1.54, 1.807) is 48.5 Å². The highest BCUT2D eigenvalue weighted by Crippen LogP contribution is 2.40. The lowest BCUT2D eigenvalue weighted by atomic mass is 9.74. The second kappa shape index (κ2) is 17.8. The van der Waals surface area contributed by atoms with E-state index in [2.05, 4.69) is 5.16 Å². The van der Waals surface area contributed by atoms with Crippen molar-refractivity contribution in [2.24, 2.45) is 34.7 Å². The first kappa shape index (κ1) is 43.9. The highest BCUT2D eigenvalue weighted by atomic mass is 16.7. The molecule has 3 fully saturated rings. The quantitative estimate of drug-likeness (QED) is 0.146. The monoisotopic (exact) mass is 732 g/mol. The van der Waals surface area contributed by atoms with Crippen molar-refractivity contribution in [3.8, 4) is 0 Å². The fourth-order valence-electron chi connectivity index (χ4n) is 8.56. The number of rotatable bonds is 7. The predicted molar refractivity (Wildman–Crippen MR) is 189 cm³/mol. The molecule has 0 amide bonds. The molecule has 3 heterocycles. The van der Waals surface area contributed by atoms with E-state index >= 15 is 0 Å².